The Morgan fingerprint density at radius 3 is 2.05 bits per heavy atom. The van der Waals surface area contributed by atoms with Crippen LogP contribution in [-0.2, 0) is 16.2 Å². The maximum atomic E-state index is 12.4. The van der Waals surface area contributed by atoms with Crippen LogP contribution in [0.2, 0.25) is 0 Å². The van der Waals surface area contributed by atoms with Crippen LogP contribution in [0.15, 0.2) is 29.2 Å². The molecule has 0 unspecified atom stereocenters. The zero-order valence-electron chi connectivity index (χ0n) is 10.0. The molecule has 1 aromatic carbocycles. The second-order valence-electron chi connectivity index (χ2n) is 4.29. The molecule has 0 bridgehead atoms. The molecule has 106 valence electrons. The minimum absolute atomic E-state index is 0.0950. The largest absolute Gasteiger partial charge is 0.416 e. The summed E-state index contributed by atoms with van der Waals surface area (Å²) >= 11 is 0. The van der Waals surface area contributed by atoms with Crippen LogP contribution in [0.3, 0.4) is 0 Å². The number of nitrogens with two attached hydrogens (primary N) is 1. The van der Waals surface area contributed by atoms with Gasteiger partial charge in [0.05, 0.1) is 36.6 Å². The molecule has 4 nitrogen and oxygen atoms in total. The van der Waals surface area contributed by atoms with E-state index < -0.39 is 21.8 Å². The normalized spacial score (nSPS) is 18.5. The Morgan fingerprint density at radius 1 is 1.05 bits per heavy atom. The predicted octanol–water partition coefficient (Wildman–Crippen LogP) is 0.273. The molecule has 0 aromatic heterocycles. The second-order valence-corrected chi connectivity index (χ2v) is 6.23. The van der Waals surface area contributed by atoms with Gasteiger partial charge in [-0.2, -0.15) is 17.5 Å². The summed E-state index contributed by atoms with van der Waals surface area (Å²) in [5.74, 6) is 0. The highest BCUT2D eigenvalue weighted by atomic mass is 32.2. The van der Waals surface area contributed by atoms with Crippen molar-refractivity contribution in [2.75, 3.05) is 26.2 Å². The number of benzene rings is 1. The van der Waals surface area contributed by atoms with E-state index in [0.717, 1.165) is 24.3 Å². The lowest BCUT2D eigenvalue weighted by atomic mass is 10.2. The van der Waals surface area contributed by atoms with Crippen LogP contribution in [0.5, 0.6) is 0 Å². The van der Waals surface area contributed by atoms with Gasteiger partial charge in [-0.05, 0) is 24.3 Å². The van der Waals surface area contributed by atoms with E-state index in [2.05, 4.69) is 0 Å². The van der Waals surface area contributed by atoms with E-state index >= 15 is 0 Å². The van der Waals surface area contributed by atoms with E-state index in [-0.39, 0.29) is 4.90 Å². The van der Waals surface area contributed by atoms with Gasteiger partial charge in [-0.25, -0.2) is 8.42 Å². The summed E-state index contributed by atoms with van der Waals surface area (Å²) in [7, 11) is -3.68. The zero-order valence-corrected chi connectivity index (χ0v) is 10.8. The Morgan fingerprint density at radius 2 is 1.58 bits per heavy atom. The van der Waals surface area contributed by atoms with Gasteiger partial charge in [0.1, 0.15) is 0 Å². The Kier molecular flexibility index (Phi) is 3.84. The van der Waals surface area contributed by atoms with Crippen LogP contribution < -0.4 is 5.32 Å². The van der Waals surface area contributed by atoms with E-state index in [1.54, 1.807) is 0 Å². The third-order valence-electron chi connectivity index (χ3n) is 2.98. The maximum Gasteiger partial charge on any atom is 0.416 e. The van der Waals surface area contributed by atoms with Crippen molar-refractivity contribution in [3.8, 4) is 0 Å². The SMILES string of the molecule is O=S(=O)(c1ccc(C(F)(F)F)cc1)N1CC[NH2+]CC1. The van der Waals surface area contributed by atoms with Crippen molar-refractivity contribution in [3.63, 3.8) is 0 Å². The van der Waals surface area contributed by atoms with Gasteiger partial charge in [-0.15, -0.1) is 0 Å². The summed E-state index contributed by atoms with van der Waals surface area (Å²) in [6, 6.07) is 3.61. The molecule has 19 heavy (non-hydrogen) atoms. The fraction of sp³-hybridized carbons (Fsp3) is 0.455. The molecule has 1 heterocycles. The van der Waals surface area contributed by atoms with Gasteiger partial charge in [0.15, 0.2) is 0 Å². The summed E-state index contributed by atoms with van der Waals surface area (Å²) < 4.78 is 62.9. The van der Waals surface area contributed by atoms with Crippen LogP contribution in [0, 0.1) is 0 Å². The molecule has 1 aliphatic rings. The molecule has 0 saturated carbocycles. The Balaban J connectivity index is 2.26. The number of halogens is 3. The summed E-state index contributed by atoms with van der Waals surface area (Å²) in [4.78, 5) is -0.0950. The summed E-state index contributed by atoms with van der Waals surface area (Å²) in [5, 5.41) is 2.00. The Bertz CT molecular complexity index is 534. The second kappa shape index (κ2) is 5.10. The van der Waals surface area contributed by atoms with Crippen molar-refractivity contribution in [2.45, 2.75) is 11.1 Å². The molecule has 0 radical (unpaired) electrons. The summed E-state index contributed by atoms with van der Waals surface area (Å²) in [5.41, 5.74) is -0.849. The highest BCUT2D eigenvalue weighted by molar-refractivity contribution is 7.89. The van der Waals surface area contributed by atoms with Crippen LogP contribution in [-0.4, -0.2) is 38.9 Å². The zero-order chi connectivity index (χ0) is 14.1. The Hall–Kier alpha value is -1.12. The van der Waals surface area contributed by atoms with Gasteiger partial charge in [0, 0.05) is 0 Å². The van der Waals surface area contributed by atoms with Crippen molar-refractivity contribution in [3.05, 3.63) is 29.8 Å². The van der Waals surface area contributed by atoms with Crippen molar-refractivity contribution in [2.24, 2.45) is 0 Å². The first-order valence-corrected chi connectivity index (χ1v) is 7.25. The lowest BCUT2D eigenvalue weighted by Gasteiger charge is -2.24. The third-order valence-corrected chi connectivity index (χ3v) is 4.90. The first kappa shape index (κ1) is 14.3. The van der Waals surface area contributed by atoms with E-state index in [4.69, 9.17) is 0 Å². The van der Waals surface area contributed by atoms with Gasteiger partial charge in [0.25, 0.3) is 0 Å². The van der Waals surface area contributed by atoms with Gasteiger partial charge in [-0.3, -0.25) is 0 Å². The standard InChI is InChI=1S/C11H13F3N2O2S/c12-11(13,14)9-1-3-10(4-2-9)19(17,18)16-7-5-15-6-8-16/h1-4,15H,5-8H2/p+1. The molecule has 1 aromatic rings. The number of nitrogens with zero attached hydrogens (tertiary/aromatic N) is 1. The van der Waals surface area contributed by atoms with Crippen LogP contribution in [0.25, 0.3) is 0 Å². The average molecular weight is 295 g/mol. The Labute approximate surface area is 109 Å². The minimum atomic E-state index is -4.46. The van der Waals surface area contributed by atoms with Crippen LogP contribution >= 0.6 is 0 Å². The van der Waals surface area contributed by atoms with Crippen molar-refractivity contribution >= 4 is 10.0 Å². The minimum Gasteiger partial charge on any atom is -0.344 e. The molecule has 8 heteroatoms. The number of quaternary nitrogens is 1. The van der Waals surface area contributed by atoms with E-state index in [1.165, 1.54) is 4.31 Å². The van der Waals surface area contributed by atoms with Gasteiger partial charge < -0.3 is 5.32 Å². The van der Waals surface area contributed by atoms with E-state index in [0.29, 0.717) is 26.2 Å². The first-order valence-electron chi connectivity index (χ1n) is 5.81. The molecule has 2 rings (SSSR count). The highest BCUT2D eigenvalue weighted by Crippen LogP contribution is 2.30. The molecular formula is C11H14F3N2O2S+. The van der Waals surface area contributed by atoms with E-state index in [9.17, 15) is 21.6 Å². The molecular weight excluding hydrogens is 281 g/mol. The molecule has 1 fully saturated rings. The molecule has 2 N–H and O–H groups in total. The topological polar surface area (TPSA) is 54.0 Å². The lowest BCUT2D eigenvalue weighted by Crippen LogP contribution is -2.89. The molecule has 0 spiro atoms. The number of hydrogen-bond donors (Lipinski definition) is 1. The monoisotopic (exact) mass is 295 g/mol. The number of hydrogen-bond acceptors (Lipinski definition) is 2. The quantitative estimate of drug-likeness (QED) is 0.852. The molecule has 0 atom stereocenters. The first-order chi connectivity index (χ1) is 8.82. The molecule has 0 aliphatic carbocycles. The average Bonchev–Trinajstić information content (AvgIpc) is 2.39. The van der Waals surface area contributed by atoms with Crippen molar-refractivity contribution in [1.82, 2.24) is 4.31 Å². The summed E-state index contributed by atoms with van der Waals surface area (Å²) in [6.07, 6.45) is -4.46. The fourth-order valence-corrected chi connectivity index (χ4v) is 3.40. The molecule has 1 saturated heterocycles. The van der Waals surface area contributed by atoms with Crippen molar-refractivity contribution < 1.29 is 26.9 Å². The highest BCUT2D eigenvalue weighted by Gasteiger charge is 2.32. The van der Waals surface area contributed by atoms with E-state index in [1.807, 2.05) is 5.32 Å². The predicted molar refractivity (Wildman–Crippen MR) is 61.9 cm³/mol. The molecule has 1 aliphatic heterocycles. The third kappa shape index (κ3) is 3.07. The van der Waals surface area contributed by atoms with Gasteiger partial charge >= 0.3 is 6.18 Å². The summed E-state index contributed by atoms with van der Waals surface area (Å²) in [6.45, 7) is 2.09. The molecule has 0 amide bonds. The lowest BCUT2D eigenvalue weighted by molar-refractivity contribution is -0.661. The number of sulfonamides is 1. The van der Waals surface area contributed by atoms with Gasteiger partial charge in [0.2, 0.25) is 10.0 Å². The number of piperazine rings is 1. The number of rotatable bonds is 2. The van der Waals surface area contributed by atoms with Crippen LogP contribution in [0.4, 0.5) is 13.2 Å². The van der Waals surface area contributed by atoms with Gasteiger partial charge in [-0.1, -0.05) is 0 Å². The van der Waals surface area contributed by atoms with Crippen LogP contribution in [0.1, 0.15) is 5.56 Å². The fourth-order valence-electron chi connectivity index (χ4n) is 1.93. The maximum absolute atomic E-state index is 12.4. The van der Waals surface area contributed by atoms with Crippen molar-refractivity contribution in [1.29, 1.82) is 0 Å². The number of alkyl halides is 3. The smallest absolute Gasteiger partial charge is 0.344 e.